The molecular formula is C13H19N3O3. The summed E-state index contributed by atoms with van der Waals surface area (Å²) in [5, 5.41) is 14.3. The number of hydrogen-bond donors (Lipinski definition) is 4. The van der Waals surface area contributed by atoms with Crippen LogP contribution in [0.2, 0.25) is 0 Å². The molecule has 5 N–H and O–H groups in total. The van der Waals surface area contributed by atoms with E-state index in [0.29, 0.717) is 31.6 Å². The molecule has 0 unspecified atom stereocenters. The second-order valence-electron chi connectivity index (χ2n) is 4.04. The molecule has 0 radical (unpaired) electrons. The number of carboxylic acid groups (broad SMARTS) is 1. The van der Waals surface area contributed by atoms with Gasteiger partial charge in [-0.15, -0.1) is 0 Å². The molecule has 0 aromatic heterocycles. The van der Waals surface area contributed by atoms with Crippen molar-refractivity contribution in [1.29, 1.82) is 0 Å². The van der Waals surface area contributed by atoms with E-state index in [4.69, 9.17) is 10.8 Å². The number of carbonyl (C=O) groups excluding carboxylic acids is 1. The number of hydrogen-bond acceptors (Lipinski definition) is 3. The number of amides is 2. The summed E-state index contributed by atoms with van der Waals surface area (Å²) in [6, 6.07) is 6.50. The minimum Gasteiger partial charge on any atom is -0.478 e. The Morgan fingerprint density at radius 2 is 1.84 bits per heavy atom. The standard InChI is InChI=1S/C13H19N3O3/c14-7-3-8-15-13(19)16-9-6-10-4-1-2-5-11(10)12(17)18/h1-2,4-5H,3,6-9,14H2,(H,17,18)(H2,15,16,19). The van der Waals surface area contributed by atoms with E-state index in [9.17, 15) is 9.59 Å². The molecule has 104 valence electrons. The quantitative estimate of drug-likeness (QED) is 0.541. The molecular weight excluding hydrogens is 246 g/mol. The van der Waals surface area contributed by atoms with Crippen LogP contribution in [0.1, 0.15) is 22.3 Å². The van der Waals surface area contributed by atoms with Gasteiger partial charge in [-0.25, -0.2) is 9.59 Å². The molecule has 0 aliphatic heterocycles. The van der Waals surface area contributed by atoms with E-state index in [1.807, 2.05) is 0 Å². The van der Waals surface area contributed by atoms with Crippen LogP contribution in [0, 0.1) is 0 Å². The van der Waals surface area contributed by atoms with Crippen molar-refractivity contribution in [3.8, 4) is 0 Å². The first-order valence-electron chi connectivity index (χ1n) is 6.18. The van der Waals surface area contributed by atoms with Gasteiger partial charge in [0.15, 0.2) is 0 Å². The number of benzene rings is 1. The monoisotopic (exact) mass is 265 g/mol. The van der Waals surface area contributed by atoms with Crippen molar-refractivity contribution in [1.82, 2.24) is 10.6 Å². The van der Waals surface area contributed by atoms with Crippen molar-refractivity contribution >= 4 is 12.0 Å². The summed E-state index contributed by atoms with van der Waals surface area (Å²) in [7, 11) is 0. The largest absolute Gasteiger partial charge is 0.478 e. The van der Waals surface area contributed by atoms with E-state index in [2.05, 4.69) is 10.6 Å². The molecule has 19 heavy (non-hydrogen) atoms. The summed E-state index contributed by atoms with van der Waals surface area (Å²) >= 11 is 0. The highest BCUT2D eigenvalue weighted by atomic mass is 16.4. The predicted molar refractivity (Wildman–Crippen MR) is 72.2 cm³/mol. The van der Waals surface area contributed by atoms with Crippen molar-refractivity contribution in [2.45, 2.75) is 12.8 Å². The Morgan fingerprint density at radius 1 is 1.16 bits per heavy atom. The van der Waals surface area contributed by atoms with E-state index in [-0.39, 0.29) is 11.6 Å². The van der Waals surface area contributed by atoms with Crippen LogP contribution in [0.5, 0.6) is 0 Å². The molecule has 0 fully saturated rings. The summed E-state index contributed by atoms with van der Waals surface area (Å²) < 4.78 is 0. The second-order valence-corrected chi connectivity index (χ2v) is 4.04. The molecule has 1 aromatic carbocycles. The van der Waals surface area contributed by atoms with Crippen LogP contribution in [-0.4, -0.2) is 36.7 Å². The molecule has 6 heteroatoms. The molecule has 0 saturated carbocycles. The molecule has 0 spiro atoms. The lowest BCUT2D eigenvalue weighted by molar-refractivity contribution is 0.0695. The number of nitrogens with two attached hydrogens (primary N) is 1. The normalized spacial score (nSPS) is 9.95. The molecule has 0 aliphatic rings. The molecule has 0 bridgehead atoms. The lowest BCUT2D eigenvalue weighted by Gasteiger charge is -2.08. The average Bonchev–Trinajstić information content (AvgIpc) is 2.39. The smallest absolute Gasteiger partial charge is 0.335 e. The summed E-state index contributed by atoms with van der Waals surface area (Å²) in [6.45, 7) is 1.46. The first-order chi connectivity index (χ1) is 9.15. The number of rotatable bonds is 7. The zero-order chi connectivity index (χ0) is 14.1. The van der Waals surface area contributed by atoms with Gasteiger partial charge in [-0.05, 0) is 31.0 Å². The van der Waals surface area contributed by atoms with Gasteiger partial charge < -0.3 is 21.5 Å². The Labute approximate surface area is 112 Å². The Kier molecular flexibility index (Phi) is 6.38. The number of urea groups is 1. The lowest BCUT2D eigenvalue weighted by Crippen LogP contribution is -2.37. The van der Waals surface area contributed by atoms with Gasteiger partial charge in [0.25, 0.3) is 0 Å². The lowest BCUT2D eigenvalue weighted by atomic mass is 10.0. The van der Waals surface area contributed by atoms with Gasteiger partial charge in [0.05, 0.1) is 5.56 Å². The number of carboxylic acids is 1. The molecule has 2 amide bonds. The fourth-order valence-corrected chi connectivity index (χ4v) is 1.62. The van der Waals surface area contributed by atoms with Gasteiger partial charge in [0.2, 0.25) is 0 Å². The van der Waals surface area contributed by atoms with E-state index in [0.717, 1.165) is 6.42 Å². The van der Waals surface area contributed by atoms with Crippen LogP contribution in [0.15, 0.2) is 24.3 Å². The summed E-state index contributed by atoms with van der Waals surface area (Å²) in [6.07, 6.45) is 1.21. The van der Waals surface area contributed by atoms with Crippen LogP contribution in [0.3, 0.4) is 0 Å². The molecule has 0 heterocycles. The molecule has 0 saturated heterocycles. The highest BCUT2D eigenvalue weighted by Gasteiger charge is 2.08. The van der Waals surface area contributed by atoms with Gasteiger partial charge in [-0.2, -0.15) is 0 Å². The number of nitrogens with one attached hydrogen (secondary N) is 2. The molecule has 6 nitrogen and oxygen atoms in total. The zero-order valence-corrected chi connectivity index (χ0v) is 10.7. The van der Waals surface area contributed by atoms with Gasteiger partial charge in [0.1, 0.15) is 0 Å². The molecule has 1 rings (SSSR count). The maximum Gasteiger partial charge on any atom is 0.335 e. The fourth-order valence-electron chi connectivity index (χ4n) is 1.62. The van der Waals surface area contributed by atoms with Crippen molar-refractivity contribution in [2.75, 3.05) is 19.6 Å². The van der Waals surface area contributed by atoms with Crippen LogP contribution in [0.4, 0.5) is 4.79 Å². The fraction of sp³-hybridized carbons (Fsp3) is 0.385. The third-order valence-electron chi connectivity index (χ3n) is 2.59. The summed E-state index contributed by atoms with van der Waals surface area (Å²) in [5.74, 6) is -0.956. The Bertz CT molecular complexity index is 435. The predicted octanol–water partition coefficient (Wildman–Crippen LogP) is 0.575. The summed E-state index contributed by atoms with van der Waals surface area (Å²) in [5.41, 5.74) is 6.29. The average molecular weight is 265 g/mol. The van der Waals surface area contributed by atoms with Crippen LogP contribution in [-0.2, 0) is 6.42 Å². The first-order valence-corrected chi connectivity index (χ1v) is 6.18. The van der Waals surface area contributed by atoms with Crippen LogP contribution >= 0.6 is 0 Å². The van der Waals surface area contributed by atoms with Crippen molar-refractivity contribution in [3.05, 3.63) is 35.4 Å². The van der Waals surface area contributed by atoms with E-state index in [1.165, 1.54) is 0 Å². The first kappa shape index (κ1) is 15.0. The zero-order valence-electron chi connectivity index (χ0n) is 10.7. The molecule has 0 atom stereocenters. The van der Waals surface area contributed by atoms with E-state index >= 15 is 0 Å². The number of carbonyl (C=O) groups is 2. The van der Waals surface area contributed by atoms with Crippen LogP contribution in [0.25, 0.3) is 0 Å². The van der Waals surface area contributed by atoms with Crippen molar-refractivity contribution in [2.24, 2.45) is 5.73 Å². The maximum atomic E-state index is 11.3. The third kappa shape index (κ3) is 5.39. The Balaban J connectivity index is 2.37. The van der Waals surface area contributed by atoms with E-state index in [1.54, 1.807) is 24.3 Å². The van der Waals surface area contributed by atoms with Gasteiger partial charge in [-0.3, -0.25) is 0 Å². The molecule has 1 aromatic rings. The van der Waals surface area contributed by atoms with E-state index < -0.39 is 5.97 Å². The van der Waals surface area contributed by atoms with Gasteiger partial charge in [-0.1, -0.05) is 18.2 Å². The Morgan fingerprint density at radius 3 is 2.53 bits per heavy atom. The highest BCUT2D eigenvalue weighted by Crippen LogP contribution is 2.08. The third-order valence-corrected chi connectivity index (χ3v) is 2.59. The second kappa shape index (κ2) is 8.10. The number of aromatic carboxylic acids is 1. The SMILES string of the molecule is NCCCNC(=O)NCCc1ccccc1C(=O)O. The van der Waals surface area contributed by atoms with Crippen molar-refractivity contribution in [3.63, 3.8) is 0 Å². The minimum absolute atomic E-state index is 0.263. The topological polar surface area (TPSA) is 104 Å². The van der Waals surface area contributed by atoms with Gasteiger partial charge >= 0.3 is 12.0 Å². The maximum absolute atomic E-state index is 11.3. The molecule has 0 aliphatic carbocycles. The van der Waals surface area contributed by atoms with Crippen molar-refractivity contribution < 1.29 is 14.7 Å². The highest BCUT2D eigenvalue weighted by molar-refractivity contribution is 5.89. The van der Waals surface area contributed by atoms with Gasteiger partial charge in [0, 0.05) is 13.1 Å². The summed E-state index contributed by atoms with van der Waals surface area (Å²) in [4.78, 5) is 22.3. The van der Waals surface area contributed by atoms with Crippen LogP contribution < -0.4 is 16.4 Å². The minimum atomic E-state index is -0.956. The Hall–Kier alpha value is -2.08.